The third-order valence-electron chi connectivity index (χ3n) is 11.3. The van der Waals surface area contributed by atoms with Crippen LogP contribution in [0.25, 0.3) is 111 Å². The van der Waals surface area contributed by atoms with E-state index in [1.807, 2.05) is 0 Å². The van der Waals surface area contributed by atoms with Crippen LogP contribution in [0.5, 0.6) is 0 Å². The van der Waals surface area contributed by atoms with Gasteiger partial charge in [0.05, 0.1) is 33.5 Å². The molecule has 0 unspecified atom stereocenters. The van der Waals surface area contributed by atoms with Gasteiger partial charge in [0.15, 0.2) is 0 Å². The van der Waals surface area contributed by atoms with E-state index in [-0.39, 0.29) is 0 Å². The first kappa shape index (κ1) is 29.3. The van der Waals surface area contributed by atoms with Crippen molar-refractivity contribution in [2.75, 3.05) is 0 Å². The minimum Gasteiger partial charge on any atom is -0.309 e. The van der Waals surface area contributed by atoms with Gasteiger partial charge in [0, 0.05) is 49.1 Å². The van der Waals surface area contributed by atoms with Crippen LogP contribution in [0, 0.1) is 0 Å². The summed E-state index contributed by atoms with van der Waals surface area (Å²) in [6.07, 6.45) is 0. The lowest BCUT2D eigenvalue weighted by Gasteiger charge is -2.16. The molecule has 0 saturated carbocycles. The van der Waals surface area contributed by atoms with Crippen molar-refractivity contribution in [1.29, 1.82) is 0 Å². The lowest BCUT2D eigenvalue weighted by atomic mass is 9.92. The van der Waals surface area contributed by atoms with Gasteiger partial charge in [-0.25, -0.2) is 9.97 Å². The molecule has 4 nitrogen and oxygen atoms in total. The van der Waals surface area contributed by atoms with E-state index in [1.165, 1.54) is 60.1 Å². The summed E-state index contributed by atoms with van der Waals surface area (Å²) >= 11 is 0. The fourth-order valence-electron chi connectivity index (χ4n) is 9.08. The zero-order valence-electron chi connectivity index (χ0n) is 29.1. The van der Waals surface area contributed by atoms with Gasteiger partial charge >= 0.3 is 0 Å². The van der Waals surface area contributed by atoms with Crippen LogP contribution >= 0.6 is 0 Å². The molecule has 250 valence electrons. The van der Waals surface area contributed by atoms with E-state index in [9.17, 15) is 0 Å². The Hall–Kier alpha value is -7.30. The molecule has 1 aliphatic carbocycles. The number of nitrogens with zero attached hydrogens (tertiary/aromatic N) is 4. The molecule has 3 aromatic heterocycles. The number of hydrogen-bond acceptors (Lipinski definition) is 2. The summed E-state index contributed by atoms with van der Waals surface area (Å²) in [6, 6.07) is 65.1. The Bertz CT molecular complexity index is 3240. The summed E-state index contributed by atoms with van der Waals surface area (Å²) in [5, 5.41) is 7.33. The molecular formula is C50H30N4. The van der Waals surface area contributed by atoms with Crippen LogP contribution in [-0.2, 0) is 0 Å². The third-order valence-corrected chi connectivity index (χ3v) is 11.3. The second-order valence-corrected chi connectivity index (χ2v) is 14.1. The van der Waals surface area contributed by atoms with Gasteiger partial charge in [0.25, 0.3) is 0 Å². The Kier molecular flexibility index (Phi) is 6.02. The molecule has 0 radical (unpaired) electrons. The molecule has 0 aliphatic heterocycles. The monoisotopic (exact) mass is 686 g/mol. The fraction of sp³-hybridized carbons (Fsp3) is 0. The van der Waals surface area contributed by atoms with Crippen molar-refractivity contribution in [3.05, 3.63) is 182 Å². The number of aromatic nitrogens is 4. The first-order valence-corrected chi connectivity index (χ1v) is 18.4. The zero-order chi connectivity index (χ0) is 35.3. The smallest absolute Gasteiger partial charge is 0.235 e. The molecule has 1 aliphatic rings. The fourth-order valence-corrected chi connectivity index (χ4v) is 9.08. The molecular weight excluding hydrogens is 657 g/mol. The van der Waals surface area contributed by atoms with Gasteiger partial charge in [0.1, 0.15) is 0 Å². The van der Waals surface area contributed by atoms with E-state index in [0.717, 1.165) is 44.8 Å². The molecule has 3 heterocycles. The Balaban J connectivity index is 1.37. The van der Waals surface area contributed by atoms with E-state index in [2.05, 4.69) is 191 Å². The molecule has 11 aromatic rings. The van der Waals surface area contributed by atoms with Crippen molar-refractivity contribution in [3.63, 3.8) is 0 Å². The highest BCUT2D eigenvalue weighted by molar-refractivity contribution is 6.40. The van der Waals surface area contributed by atoms with Crippen LogP contribution in [0.3, 0.4) is 0 Å². The van der Waals surface area contributed by atoms with E-state index in [1.54, 1.807) is 0 Å². The highest BCUT2D eigenvalue weighted by Crippen LogP contribution is 2.53. The van der Waals surface area contributed by atoms with Crippen molar-refractivity contribution in [2.24, 2.45) is 0 Å². The predicted octanol–water partition coefficient (Wildman–Crippen LogP) is 12.8. The molecule has 0 bridgehead atoms. The topological polar surface area (TPSA) is 35.6 Å². The van der Waals surface area contributed by atoms with Gasteiger partial charge in [0.2, 0.25) is 5.95 Å². The summed E-state index contributed by atoms with van der Waals surface area (Å²) in [7, 11) is 0. The van der Waals surface area contributed by atoms with E-state index in [0.29, 0.717) is 5.95 Å². The highest BCUT2D eigenvalue weighted by Gasteiger charge is 2.30. The quantitative estimate of drug-likeness (QED) is 0.185. The molecule has 12 rings (SSSR count). The summed E-state index contributed by atoms with van der Waals surface area (Å²) in [5.74, 6) is 0.649. The Labute approximate surface area is 310 Å². The van der Waals surface area contributed by atoms with Crippen LogP contribution in [0.2, 0.25) is 0 Å². The number of benzene rings is 8. The molecule has 54 heavy (non-hydrogen) atoms. The molecule has 4 heteroatoms. The average Bonchev–Trinajstić information content (AvgIpc) is 3.74. The summed E-state index contributed by atoms with van der Waals surface area (Å²) in [4.78, 5) is 10.9. The first-order chi connectivity index (χ1) is 26.8. The molecule has 0 fully saturated rings. The minimum absolute atomic E-state index is 0.649. The molecule has 0 atom stereocenters. The SMILES string of the molecule is c1ccc(-c2cc(-c3ccccc3)nc(-n3c4cccc5c4c4c6c(cccc6c6c(c7ccccc7n6-c6ccccc6)c43)-c3ccccc3-5)n2)cc1. The summed E-state index contributed by atoms with van der Waals surface area (Å²) < 4.78 is 4.82. The van der Waals surface area contributed by atoms with Crippen molar-refractivity contribution in [2.45, 2.75) is 0 Å². The normalized spacial score (nSPS) is 12.1. The third kappa shape index (κ3) is 3.97. The van der Waals surface area contributed by atoms with Gasteiger partial charge in [-0.05, 0) is 52.6 Å². The maximum atomic E-state index is 5.46. The minimum atomic E-state index is 0.649. The number of hydrogen-bond donors (Lipinski definition) is 0. The first-order valence-electron chi connectivity index (χ1n) is 18.4. The van der Waals surface area contributed by atoms with E-state index < -0.39 is 0 Å². The van der Waals surface area contributed by atoms with Crippen LogP contribution in [-0.4, -0.2) is 19.1 Å². The summed E-state index contributed by atoms with van der Waals surface area (Å²) in [5.41, 5.74) is 14.5. The van der Waals surface area contributed by atoms with Crippen molar-refractivity contribution in [3.8, 4) is 56.4 Å². The van der Waals surface area contributed by atoms with Crippen LogP contribution in [0.15, 0.2) is 182 Å². The standard InChI is InChI=1S/C50H30N4/c1-4-16-31(17-5-1)40-30-41(32-18-6-2-7-19-32)52-50(51-40)54-43-29-15-26-37-35-23-11-10-22-34(35)36-25-14-27-39-44(36)47(45(37)43)49(54)46-38-24-12-13-28-42(38)53(48(39)46)33-20-8-3-9-21-33/h1-30H. The summed E-state index contributed by atoms with van der Waals surface area (Å²) in [6.45, 7) is 0. The molecule has 0 N–H and O–H groups in total. The lowest BCUT2D eigenvalue weighted by molar-refractivity contribution is 0.998. The number of rotatable bonds is 4. The molecule has 0 amide bonds. The van der Waals surface area contributed by atoms with Gasteiger partial charge in [-0.2, -0.15) is 0 Å². The van der Waals surface area contributed by atoms with Gasteiger partial charge < -0.3 is 4.57 Å². The van der Waals surface area contributed by atoms with Crippen molar-refractivity contribution >= 4 is 54.4 Å². The zero-order valence-corrected chi connectivity index (χ0v) is 29.1. The number of fused-ring (bicyclic) bond motifs is 8. The predicted molar refractivity (Wildman–Crippen MR) is 224 cm³/mol. The second kappa shape index (κ2) is 11.1. The van der Waals surface area contributed by atoms with E-state index in [4.69, 9.17) is 9.97 Å². The van der Waals surface area contributed by atoms with Gasteiger partial charge in [-0.3, -0.25) is 4.57 Å². The maximum absolute atomic E-state index is 5.46. The van der Waals surface area contributed by atoms with Gasteiger partial charge in [-0.1, -0.05) is 152 Å². The Morgan fingerprint density at radius 3 is 1.54 bits per heavy atom. The van der Waals surface area contributed by atoms with Crippen molar-refractivity contribution < 1.29 is 0 Å². The van der Waals surface area contributed by atoms with Crippen LogP contribution in [0.4, 0.5) is 0 Å². The highest BCUT2D eigenvalue weighted by atomic mass is 15.2. The Morgan fingerprint density at radius 2 is 0.852 bits per heavy atom. The lowest BCUT2D eigenvalue weighted by Crippen LogP contribution is -2.04. The molecule has 0 spiro atoms. The second-order valence-electron chi connectivity index (χ2n) is 14.1. The van der Waals surface area contributed by atoms with Crippen molar-refractivity contribution in [1.82, 2.24) is 19.1 Å². The average molecular weight is 687 g/mol. The largest absolute Gasteiger partial charge is 0.309 e. The van der Waals surface area contributed by atoms with Crippen LogP contribution < -0.4 is 0 Å². The maximum Gasteiger partial charge on any atom is 0.235 e. The van der Waals surface area contributed by atoms with Crippen LogP contribution in [0.1, 0.15) is 0 Å². The van der Waals surface area contributed by atoms with Gasteiger partial charge in [-0.15, -0.1) is 0 Å². The Morgan fingerprint density at radius 1 is 0.333 bits per heavy atom. The molecule has 0 saturated heterocycles. The van der Waals surface area contributed by atoms with E-state index >= 15 is 0 Å². The number of para-hydroxylation sites is 2. The molecule has 8 aromatic carbocycles.